The third-order valence-corrected chi connectivity index (χ3v) is 2.74. The molecule has 0 spiro atoms. The van der Waals surface area contributed by atoms with Crippen molar-refractivity contribution in [1.82, 2.24) is 9.55 Å². The van der Waals surface area contributed by atoms with Crippen LogP contribution in [0.15, 0.2) is 12.4 Å². The first-order valence-electron chi connectivity index (χ1n) is 4.98. The first kappa shape index (κ1) is 11.0. The molecule has 0 radical (unpaired) electrons. The van der Waals surface area contributed by atoms with E-state index < -0.39 is 0 Å². The minimum Gasteiger partial charge on any atom is -0.339 e. The van der Waals surface area contributed by atoms with Gasteiger partial charge in [0.15, 0.2) is 0 Å². The zero-order valence-corrected chi connectivity index (χ0v) is 9.49. The van der Waals surface area contributed by atoms with Crippen molar-refractivity contribution in [1.29, 1.82) is 0 Å². The van der Waals surface area contributed by atoms with E-state index in [0.29, 0.717) is 6.54 Å². The highest BCUT2D eigenvalue weighted by Crippen LogP contribution is 2.19. The van der Waals surface area contributed by atoms with Crippen molar-refractivity contribution in [2.24, 2.45) is 5.73 Å². The summed E-state index contributed by atoms with van der Waals surface area (Å²) in [6.07, 6.45) is 3.81. The van der Waals surface area contributed by atoms with Gasteiger partial charge in [0.2, 0.25) is 5.95 Å². The highest BCUT2D eigenvalue weighted by atomic mass is 15.3. The van der Waals surface area contributed by atoms with Crippen LogP contribution in [-0.2, 0) is 6.54 Å². The second kappa shape index (κ2) is 4.00. The molecule has 0 unspecified atom stereocenters. The zero-order chi connectivity index (χ0) is 10.8. The first-order chi connectivity index (χ1) is 6.53. The standard InChI is InChI=1S/C10H20N4/c1-5-14-7-6-12-9(14)13(4)10(2,3)8-11/h6-7H,5,8,11H2,1-4H3. The van der Waals surface area contributed by atoms with Gasteiger partial charge in [0.05, 0.1) is 0 Å². The summed E-state index contributed by atoms with van der Waals surface area (Å²) in [5, 5.41) is 0. The van der Waals surface area contributed by atoms with Gasteiger partial charge in [-0.3, -0.25) is 0 Å². The molecule has 80 valence electrons. The molecule has 0 saturated carbocycles. The Bertz CT molecular complexity index is 290. The normalized spacial score (nSPS) is 11.8. The van der Waals surface area contributed by atoms with Crippen molar-refractivity contribution in [3.05, 3.63) is 12.4 Å². The molecule has 4 nitrogen and oxygen atoms in total. The average molecular weight is 196 g/mol. The molecule has 0 aliphatic carbocycles. The molecule has 0 fully saturated rings. The van der Waals surface area contributed by atoms with Crippen LogP contribution in [-0.4, -0.2) is 28.7 Å². The van der Waals surface area contributed by atoms with E-state index in [0.717, 1.165) is 12.5 Å². The number of aryl methyl sites for hydroxylation is 1. The van der Waals surface area contributed by atoms with Crippen LogP contribution in [0.25, 0.3) is 0 Å². The van der Waals surface area contributed by atoms with E-state index in [1.54, 1.807) is 0 Å². The van der Waals surface area contributed by atoms with Gasteiger partial charge in [-0.15, -0.1) is 0 Å². The van der Waals surface area contributed by atoms with Gasteiger partial charge in [0.25, 0.3) is 0 Å². The first-order valence-corrected chi connectivity index (χ1v) is 4.98. The summed E-state index contributed by atoms with van der Waals surface area (Å²) in [6, 6.07) is 0. The topological polar surface area (TPSA) is 47.1 Å². The van der Waals surface area contributed by atoms with Crippen LogP contribution < -0.4 is 10.6 Å². The van der Waals surface area contributed by atoms with Crippen molar-refractivity contribution in [2.45, 2.75) is 32.9 Å². The Kier molecular flexibility index (Phi) is 3.16. The number of likely N-dealkylation sites (N-methyl/N-ethyl adjacent to an activating group) is 1. The SMILES string of the molecule is CCn1ccnc1N(C)C(C)(C)CN. The summed E-state index contributed by atoms with van der Waals surface area (Å²) in [5.74, 6) is 0.975. The molecule has 2 N–H and O–H groups in total. The van der Waals surface area contributed by atoms with Crippen LogP contribution in [0, 0.1) is 0 Å². The van der Waals surface area contributed by atoms with Crippen molar-refractivity contribution in [3.63, 3.8) is 0 Å². The highest BCUT2D eigenvalue weighted by Gasteiger charge is 2.24. The van der Waals surface area contributed by atoms with E-state index in [2.05, 4.69) is 35.2 Å². The van der Waals surface area contributed by atoms with Gasteiger partial charge in [-0.2, -0.15) is 0 Å². The summed E-state index contributed by atoms with van der Waals surface area (Å²) in [5.41, 5.74) is 5.67. The summed E-state index contributed by atoms with van der Waals surface area (Å²) in [4.78, 5) is 6.46. The van der Waals surface area contributed by atoms with Crippen LogP contribution in [0.1, 0.15) is 20.8 Å². The minimum absolute atomic E-state index is 0.0573. The van der Waals surface area contributed by atoms with E-state index in [1.165, 1.54) is 0 Å². The van der Waals surface area contributed by atoms with Crippen LogP contribution in [0.4, 0.5) is 5.95 Å². The molecular formula is C10H20N4. The Morgan fingerprint density at radius 1 is 1.57 bits per heavy atom. The summed E-state index contributed by atoms with van der Waals surface area (Å²) < 4.78 is 2.11. The number of hydrogen-bond donors (Lipinski definition) is 1. The second-order valence-electron chi connectivity index (χ2n) is 4.09. The quantitative estimate of drug-likeness (QED) is 0.783. The Balaban J connectivity index is 2.94. The van der Waals surface area contributed by atoms with Crippen LogP contribution in [0.3, 0.4) is 0 Å². The Morgan fingerprint density at radius 3 is 2.71 bits per heavy atom. The average Bonchev–Trinajstić information content (AvgIpc) is 2.64. The van der Waals surface area contributed by atoms with Gasteiger partial charge in [-0.25, -0.2) is 4.98 Å². The van der Waals surface area contributed by atoms with Crippen LogP contribution >= 0.6 is 0 Å². The smallest absolute Gasteiger partial charge is 0.205 e. The molecule has 0 aliphatic rings. The molecule has 1 aromatic heterocycles. The van der Waals surface area contributed by atoms with Crippen LogP contribution in [0.5, 0.6) is 0 Å². The molecule has 0 bridgehead atoms. The molecule has 0 saturated heterocycles. The fourth-order valence-electron chi connectivity index (χ4n) is 1.26. The second-order valence-corrected chi connectivity index (χ2v) is 4.09. The third-order valence-electron chi connectivity index (χ3n) is 2.74. The molecule has 0 amide bonds. The minimum atomic E-state index is -0.0573. The fourth-order valence-corrected chi connectivity index (χ4v) is 1.26. The molecule has 14 heavy (non-hydrogen) atoms. The van der Waals surface area contributed by atoms with Crippen molar-refractivity contribution in [3.8, 4) is 0 Å². The predicted molar refractivity (Wildman–Crippen MR) is 59.4 cm³/mol. The van der Waals surface area contributed by atoms with E-state index in [-0.39, 0.29) is 5.54 Å². The number of aromatic nitrogens is 2. The number of nitrogens with zero attached hydrogens (tertiary/aromatic N) is 3. The molecule has 1 aromatic rings. The van der Waals surface area contributed by atoms with E-state index in [9.17, 15) is 0 Å². The van der Waals surface area contributed by atoms with Crippen molar-refractivity contribution >= 4 is 5.95 Å². The summed E-state index contributed by atoms with van der Waals surface area (Å²) in [6.45, 7) is 7.87. The van der Waals surface area contributed by atoms with Gasteiger partial charge in [-0.05, 0) is 20.8 Å². The van der Waals surface area contributed by atoms with Gasteiger partial charge >= 0.3 is 0 Å². The zero-order valence-electron chi connectivity index (χ0n) is 9.49. The molecular weight excluding hydrogens is 176 g/mol. The number of imidazole rings is 1. The third kappa shape index (κ3) is 1.90. The predicted octanol–water partition coefficient (Wildman–Crippen LogP) is 1.08. The Hall–Kier alpha value is -1.03. The maximum atomic E-state index is 5.73. The summed E-state index contributed by atoms with van der Waals surface area (Å²) >= 11 is 0. The van der Waals surface area contributed by atoms with Crippen molar-refractivity contribution in [2.75, 3.05) is 18.5 Å². The van der Waals surface area contributed by atoms with E-state index in [4.69, 9.17) is 5.73 Å². The largest absolute Gasteiger partial charge is 0.339 e. The summed E-state index contributed by atoms with van der Waals surface area (Å²) in [7, 11) is 2.03. The lowest BCUT2D eigenvalue weighted by Crippen LogP contribution is -2.48. The van der Waals surface area contributed by atoms with Gasteiger partial charge in [-0.1, -0.05) is 0 Å². The lowest BCUT2D eigenvalue weighted by molar-refractivity contribution is 0.482. The molecule has 0 aliphatic heterocycles. The molecule has 1 rings (SSSR count). The monoisotopic (exact) mass is 196 g/mol. The Morgan fingerprint density at radius 2 is 2.21 bits per heavy atom. The van der Waals surface area contributed by atoms with Gasteiger partial charge in [0.1, 0.15) is 0 Å². The molecule has 0 atom stereocenters. The van der Waals surface area contributed by atoms with Crippen molar-refractivity contribution < 1.29 is 0 Å². The molecule has 4 heteroatoms. The van der Waals surface area contributed by atoms with Gasteiger partial charge < -0.3 is 15.2 Å². The maximum absolute atomic E-state index is 5.73. The highest BCUT2D eigenvalue weighted by molar-refractivity contribution is 5.34. The lowest BCUT2D eigenvalue weighted by atomic mass is 10.1. The Labute approximate surface area is 85.7 Å². The van der Waals surface area contributed by atoms with E-state index in [1.807, 2.05) is 19.4 Å². The van der Waals surface area contributed by atoms with Crippen LogP contribution in [0.2, 0.25) is 0 Å². The number of hydrogen-bond acceptors (Lipinski definition) is 3. The molecule has 1 heterocycles. The number of anilines is 1. The maximum Gasteiger partial charge on any atom is 0.205 e. The van der Waals surface area contributed by atoms with E-state index >= 15 is 0 Å². The number of rotatable bonds is 4. The number of nitrogens with two attached hydrogens (primary N) is 1. The van der Waals surface area contributed by atoms with Gasteiger partial charge in [0, 0.05) is 38.1 Å². The lowest BCUT2D eigenvalue weighted by Gasteiger charge is -2.35. The fraction of sp³-hybridized carbons (Fsp3) is 0.700. The molecule has 0 aromatic carbocycles.